The van der Waals surface area contributed by atoms with Crippen molar-refractivity contribution in [2.45, 2.75) is 115 Å². The van der Waals surface area contributed by atoms with Crippen LogP contribution < -0.4 is 10.6 Å². The number of aromatic amines is 1. The van der Waals surface area contributed by atoms with E-state index in [0.29, 0.717) is 17.5 Å². The Hall–Kier alpha value is -2.14. The van der Waals surface area contributed by atoms with Gasteiger partial charge in [0.1, 0.15) is 5.69 Å². The molecule has 2 aromatic heterocycles. The molecule has 2 saturated carbocycles. The fraction of sp³-hybridized carbons (Fsp3) is 0.655. The van der Waals surface area contributed by atoms with Crippen LogP contribution in [0.5, 0.6) is 0 Å². The van der Waals surface area contributed by atoms with Crippen molar-refractivity contribution in [1.29, 1.82) is 0 Å². The van der Waals surface area contributed by atoms with Crippen molar-refractivity contribution >= 4 is 5.91 Å². The zero-order valence-electron chi connectivity index (χ0n) is 21.1. The van der Waals surface area contributed by atoms with Crippen LogP contribution in [0.4, 0.5) is 0 Å². The Bertz CT molecular complexity index is 980. The predicted octanol–water partition coefficient (Wildman–Crippen LogP) is 6.46. The van der Waals surface area contributed by atoms with Gasteiger partial charge in [-0.2, -0.15) is 0 Å². The lowest BCUT2D eigenvalue weighted by Crippen LogP contribution is -2.52. The zero-order chi connectivity index (χ0) is 23.5. The first-order valence-corrected chi connectivity index (χ1v) is 13.8. The molecule has 2 fully saturated rings. The third-order valence-corrected chi connectivity index (χ3v) is 8.79. The SMILES string of the molecule is Cc1cccnc1C(NC(=O)c1cc2c([nH]1)C(C)C1(CCCCCCCCCC1)NC2)C1CC1. The molecule has 2 aliphatic carbocycles. The van der Waals surface area contributed by atoms with Crippen LogP contribution in [0.25, 0.3) is 0 Å². The summed E-state index contributed by atoms with van der Waals surface area (Å²) in [5.41, 5.74) is 5.55. The Morgan fingerprint density at radius 3 is 2.41 bits per heavy atom. The largest absolute Gasteiger partial charge is 0.354 e. The molecular formula is C29H42N4O. The Morgan fingerprint density at radius 2 is 1.76 bits per heavy atom. The second-order valence-electron chi connectivity index (χ2n) is 11.2. The van der Waals surface area contributed by atoms with E-state index >= 15 is 0 Å². The molecule has 2 aromatic rings. The second-order valence-corrected chi connectivity index (χ2v) is 11.2. The summed E-state index contributed by atoms with van der Waals surface area (Å²) in [4.78, 5) is 21.6. The van der Waals surface area contributed by atoms with Gasteiger partial charge in [0.2, 0.25) is 0 Å². The molecule has 0 bridgehead atoms. The lowest BCUT2D eigenvalue weighted by Gasteiger charge is -2.44. The molecule has 3 N–H and O–H groups in total. The van der Waals surface area contributed by atoms with E-state index in [1.165, 1.54) is 75.5 Å². The molecule has 34 heavy (non-hydrogen) atoms. The van der Waals surface area contributed by atoms with Gasteiger partial charge in [-0.15, -0.1) is 0 Å². The van der Waals surface area contributed by atoms with E-state index in [4.69, 9.17) is 0 Å². The van der Waals surface area contributed by atoms with Gasteiger partial charge in [-0.05, 0) is 61.8 Å². The molecule has 1 spiro atoms. The van der Waals surface area contributed by atoms with Crippen LogP contribution in [0, 0.1) is 12.8 Å². The van der Waals surface area contributed by atoms with E-state index in [1.54, 1.807) is 0 Å². The minimum Gasteiger partial charge on any atom is -0.354 e. The van der Waals surface area contributed by atoms with E-state index in [0.717, 1.165) is 30.6 Å². The summed E-state index contributed by atoms with van der Waals surface area (Å²) in [6, 6.07) is 6.14. The van der Waals surface area contributed by atoms with Gasteiger partial charge in [-0.3, -0.25) is 9.78 Å². The molecule has 1 amide bonds. The Balaban J connectivity index is 1.33. The number of fused-ring (bicyclic) bond motifs is 1. The van der Waals surface area contributed by atoms with Crippen LogP contribution in [-0.4, -0.2) is 21.4 Å². The van der Waals surface area contributed by atoms with Crippen molar-refractivity contribution < 1.29 is 4.79 Å². The van der Waals surface area contributed by atoms with E-state index in [9.17, 15) is 4.79 Å². The normalized spacial score (nSPS) is 24.1. The smallest absolute Gasteiger partial charge is 0.268 e. The van der Waals surface area contributed by atoms with Gasteiger partial charge in [0, 0.05) is 29.9 Å². The summed E-state index contributed by atoms with van der Waals surface area (Å²) in [6.07, 6.45) is 17.5. The predicted molar refractivity (Wildman–Crippen MR) is 137 cm³/mol. The van der Waals surface area contributed by atoms with Gasteiger partial charge in [0.05, 0.1) is 11.7 Å². The lowest BCUT2D eigenvalue weighted by atomic mass is 9.72. The highest BCUT2D eigenvalue weighted by atomic mass is 16.2. The van der Waals surface area contributed by atoms with Crippen molar-refractivity contribution in [3.05, 3.63) is 52.6 Å². The van der Waals surface area contributed by atoms with Crippen LogP contribution in [0.1, 0.15) is 129 Å². The number of pyridine rings is 1. The standard InChI is InChI=1S/C29H42N4O/c1-20-12-11-17-30-25(20)27(22-13-14-22)33-28(34)24-18-23-19-31-29(21(2)26(23)32-24)15-9-7-5-3-4-6-8-10-16-29/h11-12,17-18,21-22,27,31-32H,3-10,13-16,19H2,1-2H3,(H,33,34). The van der Waals surface area contributed by atoms with E-state index in [-0.39, 0.29) is 17.5 Å². The minimum absolute atomic E-state index is 0.0000413. The lowest BCUT2D eigenvalue weighted by molar-refractivity contribution is 0.0925. The van der Waals surface area contributed by atoms with Gasteiger partial charge >= 0.3 is 0 Å². The maximum absolute atomic E-state index is 13.4. The highest BCUT2D eigenvalue weighted by Gasteiger charge is 2.41. The van der Waals surface area contributed by atoms with Crippen LogP contribution in [0.15, 0.2) is 24.4 Å². The van der Waals surface area contributed by atoms with E-state index in [1.807, 2.05) is 12.3 Å². The Morgan fingerprint density at radius 1 is 1.09 bits per heavy atom. The highest BCUT2D eigenvalue weighted by molar-refractivity contribution is 5.93. The number of hydrogen-bond donors (Lipinski definition) is 3. The van der Waals surface area contributed by atoms with Gasteiger partial charge in [0.15, 0.2) is 0 Å². The summed E-state index contributed by atoms with van der Waals surface area (Å²) in [7, 11) is 0. The third-order valence-electron chi connectivity index (χ3n) is 8.79. The number of nitrogens with zero attached hydrogens (tertiary/aromatic N) is 1. The molecule has 1 aliphatic heterocycles. The molecule has 184 valence electrons. The minimum atomic E-state index is -0.00172. The Kier molecular flexibility index (Phi) is 7.10. The average Bonchev–Trinajstić information content (AvgIpc) is 3.59. The number of rotatable bonds is 4. The van der Waals surface area contributed by atoms with Crippen LogP contribution in [0.2, 0.25) is 0 Å². The van der Waals surface area contributed by atoms with Crippen molar-refractivity contribution in [2.75, 3.05) is 0 Å². The summed E-state index contributed by atoms with van der Waals surface area (Å²) in [6.45, 7) is 5.31. The van der Waals surface area contributed by atoms with Crippen molar-refractivity contribution in [3.8, 4) is 0 Å². The second kappa shape index (κ2) is 10.2. The van der Waals surface area contributed by atoms with E-state index in [2.05, 4.69) is 46.6 Å². The highest BCUT2D eigenvalue weighted by Crippen LogP contribution is 2.43. The van der Waals surface area contributed by atoms with Crippen molar-refractivity contribution in [2.24, 2.45) is 5.92 Å². The fourth-order valence-electron chi connectivity index (χ4n) is 6.43. The summed E-state index contributed by atoms with van der Waals surface area (Å²) in [5, 5.41) is 7.30. The number of carbonyl (C=O) groups is 1. The van der Waals surface area contributed by atoms with Crippen LogP contribution in [-0.2, 0) is 6.54 Å². The monoisotopic (exact) mass is 462 g/mol. The molecule has 5 rings (SSSR count). The van der Waals surface area contributed by atoms with Gasteiger partial charge in [-0.1, -0.05) is 64.4 Å². The van der Waals surface area contributed by atoms with Crippen molar-refractivity contribution in [3.63, 3.8) is 0 Å². The van der Waals surface area contributed by atoms with Crippen LogP contribution in [0.3, 0.4) is 0 Å². The summed E-state index contributed by atoms with van der Waals surface area (Å²) in [5.74, 6) is 0.883. The maximum atomic E-state index is 13.4. The van der Waals surface area contributed by atoms with Crippen LogP contribution >= 0.6 is 0 Å². The first-order valence-electron chi connectivity index (χ1n) is 13.8. The summed E-state index contributed by atoms with van der Waals surface area (Å²) >= 11 is 0. The number of aromatic nitrogens is 2. The molecule has 0 aromatic carbocycles. The van der Waals surface area contributed by atoms with Gasteiger partial charge < -0.3 is 15.6 Å². The molecule has 5 heteroatoms. The number of nitrogens with one attached hydrogen (secondary N) is 3. The number of amides is 1. The average molecular weight is 463 g/mol. The molecule has 2 atom stereocenters. The quantitative estimate of drug-likeness (QED) is 0.488. The number of carbonyl (C=O) groups excluding carboxylic acids is 1. The molecule has 5 nitrogen and oxygen atoms in total. The Labute approximate surface area is 204 Å². The number of aryl methyl sites for hydroxylation is 1. The molecule has 3 aliphatic rings. The van der Waals surface area contributed by atoms with Gasteiger partial charge in [0.25, 0.3) is 5.91 Å². The fourth-order valence-corrected chi connectivity index (χ4v) is 6.43. The molecule has 3 heterocycles. The third kappa shape index (κ3) is 4.95. The first-order chi connectivity index (χ1) is 16.6. The maximum Gasteiger partial charge on any atom is 0.268 e. The summed E-state index contributed by atoms with van der Waals surface area (Å²) < 4.78 is 0. The molecule has 0 saturated heterocycles. The van der Waals surface area contributed by atoms with Crippen molar-refractivity contribution in [1.82, 2.24) is 20.6 Å². The molecule has 2 unspecified atom stereocenters. The number of H-pyrrole nitrogens is 1. The molecule has 0 radical (unpaired) electrons. The van der Waals surface area contributed by atoms with E-state index < -0.39 is 0 Å². The zero-order valence-corrected chi connectivity index (χ0v) is 21.1. The van der Waals surface area contributed by atoms with Gasteiger partial charge in [-0.25, -0.2) is 0 Å². The first kappa shape index (κ1) is 23.6. The number of hydrogen-bond acceptors (Lipinski definition) is 3. The molecular weight excluding hydrogens is 420 g/mol. The topological polar surface area (TPSA) is 69.8 Å².